The maximum absolute atomic E-state index is 11.6. The molecule has 1 fully saturated rings. The molecule has 5 nitrogen and oxygen atoms in total. The molecule has 2 heterocycles. The molecule has 0 saturated carbocycles. The zero-order chi connectivity index (χ0) is 21.0. The average Bonchev–Trinajstić information content (AvgIpc) is 3.19. The number of rotatable bonds is 7. The molecule has 3 aromatic carbocycles. The number of hydrogen-bond donors (Lipinski definition) is 1. The van der Waals surface area contributed by atoms with E-state index in [-0.39, 0.29) is 5.91 Å². The third-order valence-electron chi connectivity index (χ3n) is 6.38. The second kappa shape index (κ2) is 8.98. The molecule has 0 bridgehead atoms. The van der Waals surface area contributed by atoms with Crippen molar-refractivity contribution < 1.29 is 9.53 Å². The highest BCUT2D eigenvalue weighted by Crippen LogP contribution is 2.27. The van der Waals surface area contributed by atoms with Gasteiger partial charge in [0.1, 0.15) is 5.75 Å². The number of fused-ring (bicyclic) bond motifs is 2. The van der Waals surface area contributed by atoms with E-state index in [1.807, 2.05) is 18.2 Å². The molecule has 0 unspecified atom stereocenters. The van der Waals surface area contributed by atoms with Crippen molar-refractivity contribution in [2.45, 2.75) is 19.4 Å². The Hall–Kier alpha value is -3.05. The number of benzene rings is 3. The Kier molecular flexibility index (Phi) is 5.76. The molecule has 2 aliphatic rings. The van der Waals surface area contributed by atoms with Gasteiger partial charge in [-0.05, 0) is 54.6 Å². The van der Waals surface area contributed by atoms with Crippen molar-refractivity contribution in [2.24, 2.45) is 0 Å². The topological polar surface area (TPSA) is 44.8 Å². The average molecular weight is 416 g/mol. The van der Waals surface area contributed by atoms with E-state index >= 15 is 0 Å². The molecule has 1 saturated heterocycles. The fraction of sp³-hybridized carbons (Fsp3) is 0.346. The zero-order valence-electron chi connectivity index (χ0n) is 17.8. The molecule has 2 aliphatic heterocycles. The number of carbonyl (C=O) groups excluding carboxylic acids is 1. The summed E-state index contributed by atoms with van der Waals surface area (Å²) in [5, 5.41) is 5.51. The Morgan fingerprint density at radius 3 is 2.65 bits per heavy atom. The molecule has 31 heavy (non-hydrogen) atoms. The first-order valence-electron chi connectivity index (χ1n) is 11.3. The molecule has 0 spiro atoms. The van der Waals surface area contributed by atoms with E-state index in [0.29, 0.717) is 6.54 Å². The Bertz CT molecular complexity index is 1070. The third-order valence-corrected chi connectivity index (χ3v) is 6.38. The van der Waals surface area contributed by atoms with Crippen molar-refractivity contribution in [1.82, 2.24) is 10.2 Å². The van der Waals surface area contributed by atoms with Crippen LogP contribution in [-0.2, 0) is 6.54 Å². The lowest BCUT2D eigenvalue weighted by Crippen LogP contribution is -2.46. The van der Waals surface area contributed by atoms with Gasteiger partial charge < -0.3 is 15.0 Å². The first-order chi connectivity index (χ1) is 15.3. The standard InChI is InChI=1S/C26H29N3O2/c30-26-24-11-10-22(18-21(24)19-27-26)31-17-4-3-12-28-13-15-29(16-14-28)25-9-5-7-20-6-1-2-8-23(20)25/h1-2,5-11,18H,3-4,12-17,19H2,(H,27,30). The monoisotopic (exact) mass is 415 g/mol. The van der Waals surface area contributed by atoms with Crippen LogP contribution in [0.4, 0.5) is 5.69 Å². The Morgan fingerprint density at radius 2 is 1.74 bits per heavy atom. The summed E-state index contributed by atoms with van der Waals surface area (Å²) in [6, 6.07) is 21.0. The van der Waals surface area contributed by atoms with Crippen LogP contribution in [0.1, 0.15) is 28.8 Å². The first-order valence-corrected chi connectivity index (χ1v) is 11.3. The number of amides is 1. The third kappa shape index (κ3) is 4.37. The number of carbonyl (C=O) groups is 1. The smallest absolute Gasteiger partial charge is 0.251 e. The van der Waals surface area contributed by atoms with Gasteiger partial charge in [-0.2, -0.15) is 0 Å². The maximum Gasteiger partial charge on any atom is 0.251 e. The van der Waals surface area contributed by atoms with Crippen molar-refractivity contribution in [3.05, 3.63) is 71.8 Å². The lowest BCUT2D eigenvalue weighted by molar-refractivity contribution is 0.0966. The molecule has 1 amide bonds. The van der Waals surface area contributed by atoms with Crippen LogP contribution in [0.2, 0.25) is 0 Å². The van der Waals surface area contributed by atoms with Crippen LogP contribution in [0.5, 0.6) is 5.75 Å². The molecule has 0 aliphatic carbocycles. The van der Waals surface area contributed by atoms with Gasteiger partial charge in [-0.3, -0.25) is 9.69 Å². The second-order valence-corrected chi connectivity index (χ2v) is 8.38. The highest BCUT2D eigenvalue weighted by molar-refractivity contribution is 5.98. The number of piperazine rings is 1. The fourth-order valence-electron chi connectivity index (χ4n) is 4.62. The van der Waals surface area contributed by atoms with Crippen molar-refractivity contribution >= 4 is 22.4 Å². The maximum atomic E-state index is 11.6. The SMILES string of the molecule is O=C1NCc2cc(OCCCCN3CCN(c4cccc5ccccc45)CC3)ccc21. The van der Waals surface area contributed by atoms with Gasteiger partial charge in [0.2, 0.25) is 0 Å². The van der Waals surface area contributed by atoms with Crippen molar-refractivity contribution in [3.8, 4) is 5.75 Å². The van der Waals surface area contributed by atoms with Crippen LogP contribution in [0.15, 0.2) is 60.7 Å². The minimum absolute atomic E-state index is 0.0158. The number of hydrogen-bond acceptors (Lipinski definition) is 4. The van der Waals surface area contributed by atoms with Crippen molar-refractivity contribution in [3.63, 3.8) is 0 Å². The molecule has 3 aromatic rings. The predicted molar refractivity (Wildman–Crippen MR) is 125 cm³/mol. The van der Waals surface area contributed by atoms with E-state index in [9.17, 15) is 4.79 Å². The van der Waals surface area contributed by atoms with Crippen LogP contribution in [0.3, 0.4) is 0 Å². The van der Waals surface area contributed by atoms with Gasteiger partial charge >= 0.3 is 0 Å². The molecular weight excluding hydrogens is 386 g/mol. The second-order valence-electron chi connectivity index (χ2n) is 8.38. The highest BCUT2D eigenvalue weighted by Gasteiger charge is 2.19. The van der Waals surface area contributed by atoms with Crippen LogP contribution in [-0.4, -0.2) is 50.1 Å². The number of ether oxygens (including phenoxy) is 1. The molecule has 0 aromatic heterocycles. The van der Waals surface area contributed by atoms with Crippen LogP contribution >= 0.6 is 0 Å². The fourth-order valence-corrected chi connectivity index (χ4v) is 4.62. The predicted octanol–water partition coefficient (Wildman–Crippen LogP) is 4.06. The van der Waals surface area contributed by atoms with Gasteiger partial charge in [-0.15, -0.1) is 0 Å². The number of unbranched alkanes of at least 4 members (excludes halogenated alkanes) is 1. The summed E-state index contributed by atoms with van der Waals surface area (Å²) >= 11 is 0. The van der Waals surface area contributed by atoms with Crippen molar-refractivity contribution in [1.29, 1.82) is 0 Å². The Labute approximate surface area is 183 Å². The molecule has 0 atom stereocenters. The van der Waals surface area contributed by atoms with E-state index < -0.39 is 0 Å². The number of nitrogens with one attached hydrogen (secondary N) is 1. The summed E-state index contributed by atoms with van der Waals surface area (Å²) < 4.78 is 5.91. The molecule has 160 valence electrons. The lowest BCUT2D eigenvalue weighted by Gasteiger charge is -2.36. The summed E-state index contributed by atoms with van der Waals surface area (Å²) in [6.45, 7) is 6.81. The lowest BCUT2D eigenvalue weighted by atomic mass is 10.1. The minimum Gasteiger partial charge on any atom is -0.494 e. The highest BCUT2D eigenvalue weighted by atomic mass is 16.5. The van der Waals surface area contributed by atoms with E-state index in [1.165, 1.54) is 16.5 Å². The Balaban J connectivity index is 1.05. The first kappa shape index (κ1) is 19.9. The van der Waals surface area contributed by atoms with Gasteiger partial charge in [-0.1, -0.05) is 36.4 Å². The van der Waals surface area contributed by atoms with Crippen LogP contribution < -0.4 is 15.0 Å². The molecular formula is C26H29N3O2. The van der Waals surface area contributed by atoms with E-state index in [2.05, 4.69) is 57.6 Å². The molecule has 0 radical (unpaired) electrons. The van der Waals surface area contributed by atoms with Gasteiger partial charge in [0, 0.05) is 49.4 Å². The van der Waals surface area contributed by atoms with Crippen LogP contribution in [0.25, 0.3) is 10.8 Å². The minimum atomic E-state index is 0.0158. The molecule has 5 rings (SSSR count). The zero-order valence-corrected chi connectivity index (χ0v) is 17.8. The summed E-state index contributed by atoms with van der Waals surface area (Å²) in [6.07, 6.45) is 2.18. The van der Waals surface area contributed by atoms with Gasteiger partial charge in [0.15, 0.2) is 0 Å². The van der Waals surface area contributed by atoms with E-state index in [0.717, 1.165) is 69.0 Å². The van der Waals surface area contributed by atoms with Gasteiger partial charge in [-0.25, -0.2) is 0 Å². The van der Waals surface area contributed by atoms with Crippen molar-refractivity contribution in [2.75, 3.05) is 44.2 Å². The number of anilines is 1. The van der Waals surface area contributed by atoms with Crippen LogP contribution in [0, 0.1) is 0 Å². The summed E-state index contributed by atoms with van der Waals surface area (Å²) in [4.78, 5) is 16.7. The summed E-state index contributed by atoms with van der Waals surface area (Å²) in [5.74, 6) is 0.876. The Morgan fingerprint density at radius 1 is 0.903 bits per heavy atom. The summed E-state index contributed by atoms with van der Waals surface area (Å²) in [7, 11) is 0. The van der Waals surface area contributed by atoms with E-state index in [4.69, 9.17) is 4.74 Å². The van der Waals surface area contributed by atoms with Gasteiger partial charge in [0.25, 0.3) is 5.91 Å². The summed E-state index contributed by atoms with van der Waals surface area (Å²) in [5.41, 5.74) is 3.17. The molecule has 1 N–H and O–H groups in total. The van der Waals surface area contributed by atoms with E-state index in [1.54, 1.807) is 0 Å². The normalized spacial score (nSPS) is 16.4. The molecule has 5 heteroatoms. The largest absolute Gasteiger partial charge is 0.494 e. The van der Waals surface area contributed by atoms with Gasteiger partial charge in [0.05, 0.1) is 6.61 Å². The number of nitrogens with zero attached hydrogens (tertiary/aromatic N) is 2. The quantitative estimate of drug-likeness (QED) is 0.591.